The number of anilines is 1. The first-order chi connectivity index (χ1) is 15.8. The van der Waals surface area contributed by atoms with Crippen LogP contribution in [0.15, 0.2) is 60.0 Å². The summed E-state index contributed by atoms with van der Waals surface area (Å²) >= 11 is 0. The van der Waals surface area contributed by atoms with E-state index in [-0.39, 0.29) is 17.1 Å². The molecule has 10 heteroatoms. The molecule has 1 fully saturated rings. The van der Waals surface area contributed by atoms with Gasteiger partial charge in [-0.1, -0.05) is 18.2 Å². The van der Waals surface area contributed by atoms with Gasteiger partial charge in [0.2, 0.25) is 0 Å². The average molecular weight is 423 g/mol. The van der Waals surface area contributed by atoms with Crippen LogP contribution in [0.25, 0.3) is 22.4 Å². The van der Waals surface area contributed by atoms with Crippen LogP contribution in [0.5, 0.6) is 0 Å². The Morgan fingerprint density at radius 3 is 2.84 bits per heavy atom. The lowest BCUT2D eigenvalue weighted by Gasteiger charge is -2.27. The molecule has 5 heterocycles. The van der Waals surface area contributed by atoms with Gasteiger partial charge < -0.3 is 9.88 Å². The maximum absolute atomic E-state index is 13.7. The molecular weight excluding hydrogens is 406 g/mol. The summed E-state index contributed by atoms with van der Waals surface area (Å²) in [6.45, 7) is 0.758. The minimum atomic E-state index is -0.274. The van der Waals surface area contributed by atoms with Gasteiger partial charge in [-0.25, -0.2) is 19.5 Å². The van der Waals surface area contributed by atoms with E-state index < -0.39 is 0 Å². The lowest BCUT2D eigenvalue weighted by molar-refractivity contribution is 0.601. The molecule has 1 unspecified atom stereocenters. The van der Waals surface area contributed by atoms with Crippen molar-refractivity contribution in [1.82, 2.24) is 34.1 Å². The van der Waals surface area contributed by atoms with E-state index in [9.17, 15) is 10.1 Å². The summed E-state index contributed by atoms with van der Waals surface area (Å²) in [7, 11) is 0. The number of nitrogens with zero attached hydrogens (tertiary/aromatic N) is 8. The number of para-hydroxylation sites is 1. The van der Waals surface area contributed by atoms with Gasteiger partial charge in [-0.2, -0.15) is 10.4 Å². The van der Waals surface area contributed by atoms with Crippen LogP contribution in [-0.2, 0) is 0 Å². The molecule has 32 heavy (non-hydrogen) atoms. The van der Waals surface area contributed by atoms with Crippen molar-refractivity contribution in [3.05, 3.63) is 77.0 Å². The zero-order chi connectivity index (χ0) is 21.7. The van der Waals surface area contributed by atoms with Gasteiger partial charge >= 0.3 is 0 Å². The number of rotatable bonds is 3. The normalized spacial score (nSPS) is 16.1. The molecule has 1 saturated heterocycles. The number of H-pyrrole nitrogens is 1. The number of benzene rings is 1. The summed E-state index contributed by atoms with van der Waals surface area (Å²) in [6.07, 6.45) is 6.48. The number of nitriles is 1. The Morgan fingerprint density at radius 2 is 2.00 bits per heavy atom. The lowest BCUT2D eigenvalue weighted by Crippen LogP contribution is -2.33. The standard InChI is InChI=1S/C22H17N9O/c23-11-14-8-10-30-18(14)22(32)31(15-5-2-1-3-6-15)20(28-30)16-7-4-9-29(16)21-17-19(25-12-24-17)26-13-27-21/h1-3,5-6,8,10,12-13,16H,4,7,9H2,(H,24,25,26,27). The first-order valence-electron chi connectivity index (χ1n) is 10.3. The molecule has 10 nitrogen and oxygen atoms in total. The van der Waals surface area contributed by atoms with E-state index in [0.29, 0.717) is 22.7 Å². The predicted molar refractivity (Wildman–Crippen MR) is 117 cm³/mol. The fourth-order valence-corrected chi connectivity index (χ4v) is 4.47. The summed E-state index contributed by atoms with van der Waals surface area (Å²) in [4.78, 5) is 31.9. The largest absolute Gasteiger partial charge is 0.344 e. The highest BCUT2D eigenvalue weighted by Crippen LogP contribution is 2.36. The molecule has 0 radical (unpaired) electrons. The minimum absolute atomic E-state index is 0.193. The third-order valence-corrected chi connectivity index (χ3v) is 5.87. The average Bonchev–Trinajstić information content (AvgIpc) is 3.58. The molecule has 1 aromatic carbocycles. The zero-order valence-electron chi connectivity index (χ0n) is 16.9. The van der Waals surface area contributed by atoms with Gasteiger partial charge in [0.15, 0.2) is 17.3 Å². The minimum Gasteiger partial charge on any atom is -0.344 e. The van der Waals surface area contributed by atoms with Crippen LogP contribution in [-0.4, -0.2) is 40.7 Å². The summed E-state index contributed by atoms with van der Waals surface area (Å²) in [5, 5.41) is 14.3. The highest BCUT2D eigenvalue weighted by atomic mass is 16.1. The SMILES string of the molecule is N#Cc1ccn2nc(C3CCCN3c3ncnc4nc[nH]c34)n(-c3ccccc3)c(=O)c12. The summed E-state index contributed by atoms with van der Waals surface area (Å²) in [5.41, 5.74) is 2.34. The second-order valence-electron chi connectivity index (χ2n) is 7.62. The Labute approximate surface area is 181 Å². The highest BCUT2D eigenvalue weighted by Gasteiger charge is 2.33. The number of nitrogens with one attached hydrogen (secondary N) is 1. The van der Waals surface area contributed by atoms with Gasteiger partial charge in [0.25, 0.3) is 5.56 Å². The van der Waals surface area contributed by atoms with Crippen molar-refractivity contribution < 1.29 is 0 Å². The van der Waals surface area contributed by atoms with Gasteiger partial charge in [-0.15, -0.1) is 0 Å². The molecule has 0 spiro atoms. The van der Waals surface area contributed by atoms with E-state index >= 15 is 0 Å². The van der Waals surface area contributed by atoms with Crippen molar-refractivity contribution in [2.24, 2.45) is 0 Å². The molecule has 156 valence electrons. The Morgan fingerprint density at radius 1 is 1.12 bits per heavy atom. The maximum Gasteiger partial charge on any atom is 0.283 e. The van der Waals surface area contributed by atoms with Crippen molar-refractivity contribution in [3.8, 4) is 11.8 Å². The monoisotopic (exact) mass is 423 g/mol. The molecule has 0 amide bonds. The van der Waals surface area contributed by atoms with Crippen molar-refractivity contribution in [1.29, 1.82) is 5.26 Å². The number of hydrogen-bond acceptors (Lipinski definition) is 7. The molecule has 1 N–H and O–H groups in total. The topological polar surface area (TPSA) is 121 Å². The molecule has 1 aliphatic heterocycles. The first-order valence-corrected chi connectivity index (χ1v) is 10.3. The molecule has 0 saturated carbocycles. The maximum atomic E-state index is 13.7. The van der Waals surface area contributed by atoms with Crippen molar-refractivity contribution >= 4 is 22.5 Å². The third kappa shape index (κ3) is 2.61. The number of imidazole rings is 1. The van der Waals surface area contributed by atoms with Crippen LogP contribution in [0.4, 0.5) is 5.82 Å². The molecule has 6 rings (SSSR count). The summed E-state index contributed by atoms with van der Waals surface area (Å²) < 4.78 is 3.13. The smallest absolute Gasteiger partial charge is 0.283 e. The number of aromatic nitrogens is 7. The van der Waals surface area contributed by atoms with Crippen molar-refractivity contribution in [2.75, 3.05) is 11.4 Å². The number of aromatic amines is 1. The van der Waals surface area contributed by atoms with E-state index in [0.717, 1.165) is 30.7 Å². The van der Waals surface area contributed by atoms with E-state index in [1.165, 1.54) is 10.8 Å². The first kappa shape index (κ1) is 18.3. The number of hydrogen-bond donors (Lipinski definition) is 1. The van der Waals surface area contributed by atoms with Gasteiger partial charge in [-0.3, -0.25) is 9.36 Å². The molecule has 0 bridgehead atoms. The quantitative estimate of drug-likeness (QED) is 0.473. The Bertz CT molecular complexity index is 1560. The van der Waals surface area contributed by atoms with Crippen LogP contribution in [0.1, 0.15) is 30.3 Å². The van der Waals surface area contributed by atoms with E-state index in [1.54, 1.807) is 23.2 Å². The molecule has 1 aliphatic rings. The molecule has 5 aromatic rings. The van der Waals surface area contributed by atoms with E-state index in [4.69, 9.17) is 5.10 Å². The Hall–Kier alpha value is -4.52. The second-order valence-corrected chi connectivity index (χ2v) is 7.62. The van der Waals surface area contributed by atoms with Crippen LogP contribution in [0.3, 0.4) is 0 Å². The van der Waals surface area contributed by atoms with Crippen molar-refractivity contribution in [3.63, 3.8) is 0 Å². The van der Waals surface area contributed by atoms with Crippen LogP contribution in [0, 0.1) is 11.3 Å². The predicted octanol–water partition coefficient (Wildman–Crippen LogP) is 2.36. The highest BCUT2D eigenvalue weighted by molar-refractivity contribution is 5.83. The molecule has 0 aliphatic carbocycles. The van der Waals surface area contributed by atoms with Gasteiger partial charge in [0, 0.05) is 12.7 Å². The fourth-order valence-electron chi connectivity index (χ4n) is 4.47. The van der Waals surface area contributed by atoms with Gasteiger partial charge in [-0.05, 0) is 31.0 Å². The molecule has 1 atom stereocenters. The van der Waals surface area contributed by atoms with Gasteiger partial charge in [0.1, 0.15) is 23.4 Å². The van der Waals surface area contributed by atoms with Crippen LogP contribution < -0.4 is 10.5 Å². The second kappa shape index (κ2) is 7.02. The summed E-state index contributed by atoms with van der Waals surface area (Å²) in [5.74, 6) is 1.33. The van der Waals surface area contributed by atoms with Crippen LogP contribution in [0.2, 0.25) is 0 Å². The zero-order valence-corrected chi connectivity index (χ0v) is 16.9. The van der Waals surface area contributed by atoms with E-state index in [2.05, 4.69) is 30.9 Å². The van der Waals surface area contributed by atoms with E-state index in [1.807, 2.05) is 30.3 Å². The third-order valence-electron chi connectivity index (χ3n) is 5.87. The number of fused-ring (bicyclic) bond motifs is 2. The van der Waals surface area contributed by atoms with Gasteiger partial charge in [0.05, 0.1) is 23.6 Å². The van der Waals surface area contributed by atoms with Crippen molar-refractivity contribution in [2.45, 2.75) is 18.9 Å². The fraction of sp³-hybridized carbons (Fsp3) is 0.182. The molecule has 4 aromatic heterocycles. The lowest BCUT2D eigenvalue weighted by atomic mass is 10.2. The Balaban J connectivity index is 1.61. The van der Waals surface area contributed by atoms with Crippen LogP contribution >= 0.6 is 0 Å². The Kier molecular flexibility index (Phi) is 4.01. The molecular formula is C22H17N9O. The summed E-state index contributed by atoms with van der Waals surface area (Å²) in [6, 6.07) is 12.9.